The smallest absolute Gasteiger partial charge is 0.449 e. The average molecular weight is 479 g/mol. The second-order valence-electron chi connectivity index (χ2n) is 8.73. The number of aromatic nitrogens is 1. The number of aromatic amines is 1. The molecule has 2 aliphatic carbocycles. The summed E-state index contributed by atoms with van der Waals surface area (Å²) in [6.07, 6.45) is -6.17. The number of fused-ring (bicyclic) bond motifs is 4. The van der Waals surface area contributed by atoms with Crippen LogP contribution in [0.1, 0.15) is 17.5 Å². The number of H-pyrrole nitrogens is 1. The standard InChI is InChI=1S/C22H20F3N3O6/c23-22(24,25)20(30)33-17-12-3-1-2-9-6-10(28-7-13-14(8-28)15(13)26)4-5-11(9)16(12)27-19(29)18(17)34-21(31)32/h4-6,13-15H,1-3,7-8,26H2,(H,27,29)(H,31,32)/t13-,14+,15+. The summed E-state index contributed by atoms with van der Waals surface area (Å²) in [5, 5.41) is 8.95. The van der Waals surface area contributed by atoms with Gasteiger partial charge in [0.05, 0.1) is 5.69 Å². The topological polar surface area (TPSA) is 135 Å². The van der Waals surface area contributed by atoms with Gasteiger partial charge >= 0.3 is 18.3 Å². The van der Waals surface area contributed by atoms with Crippen LogP contribution in [-0.4, -0.2) is 47.5 Å². The predicted molar refractivity (Wildman–Crippen MR) is 112 cm³/mol. The van der Waals surface area contributed by atoms with Crippen LogP contribution in [0.15, 0.2) is 23.0 Å². The Hall–Kier alpha value is -3.54. The Morgan fingerprint density at radius 2 is 1.82 bits per heavy atom. The van der Waals surface area contributed by atoms with Crippen molar-refractivity contribution in [2.24, 2.45) is 17.6 Å². The van der Waals surface area contributed by atoms with E-state index >= 15 is 0 Å². The first-order valence-corrected chi connectivity index (χ1v) is 10.7. The zero-order chi connectivity index (χ0) is 24.4. The van der Waals surface area contributed by atoms with Crippen LogP contribution in [0.4, 0.5) is 23.7 Å². The van der Waals surface area contributed by atoms with Crippen LogP contribution in [0.5, 0.6) is 11.5 Å². The minimum Gasteiger partial charge on any atom is -0.449 e. The maximum Gasteiger partial charge on any atom is 0.511 e. The zero-order valence-electron chi connectivity index (χ0n) is 17.6. The van der Waals surface area contributed by atoms with Gasteiger partial charge in [-0.05, 0) is 48.8 Å². The number of benzene rings is 1. The highest BCUT2D eigenvalue weighted by Crippen LogP contribution is 2.46. The summed E-state index contributed by atoms with van der Waals surface area (Å²) in [6, 6.07) is 5.82. The number of piperidine rings is 1. The summed E-state index contributed by atoms with van der Waals surface area (Å²) in [4.78, 5) is 40.0. The number of nitrogens with one attached hydrogen (secondary N) is 1. The van der Waals surface area contributed by atoms with Crippen LogP contribution in [0.2, 0.25) is 0 Å². The van der Waals surface area contributed by atoms with Crippen molar-refractivity contribution < 1.29 is 37.3 Å². The van der Waals surface area contributed by atoms with Crippen LogP contribution < -0.4 is 25.7 Å². The second kappa shape index (κ2) is 7.76. The Kier molecular flexibility index (Phi) is 5.08. The van der Waals surface area contributed by atoms with E-state index in [1.807, 2.05) is 12.1 Å². The molecule has 180 valence electrons. The Morgan fingerprint density at radius 3 is 2.47 bits per heavy atom. The molecule has 12 heteroatoms. The van der Waals surface area contributed by atoms with Gasteiger partial charge in [0.2, 0.25) is 5.75 Å². The molecule has 2 fully saturated rings. The summed E-state index contributed by atoms with van der Waals surface area (Å²) < 4.78 is 47.6. The number of pyridine rings is 1. The van der Waals surface area contributed by atoms with E-state index in [4.69, 9.17) is 10.8 Å². The number of nitrogens with zero attached hydrogens (tertiary/aromatic N) is 1. The van der Waals surface area contributed by atoms with Crippen LogP contribution in [0.3, 0.4) is 0 Å². The summed E-state index contributed by atoms with van der Waals surface area (Å²) >= 11 is 0. The fourth-order valence-electron chi connectivity index (χ4n) is 4.97. The van der Waals surface area contributed by atoms with Gasteiger partial charge in [0.1, 0.15) is 0 Å². The molecule has 3 aliphatic rings. The molecular formula is C22H20F3N3O6. The van der Waals surface area contributed by atoms with Crippen LogP contribution in [-0.2, 0) is 17.6 Å². The monoisotopic (exact) mass is 479 g/mol. The van der Waals surface area contributed by atoms with Crippen molar-refractivity contribution in [2.75, 3.05) is 18.0 Å². The first-order valence-electron chi connectivity index (χ1n) is 10.7. The van der Waals surface area contributed by atoms with E-state index in [0.29, 0.717) is 30.2 Å². The third kappa shape index (κ3) is 3.77. The molecule has 0 radical (unpaired) electrons. The highest BCUT2D eigenvalue weighted by Gasteiger charge is 2.53. The van der Waals surface area contributed by atoms with Crippen molar-refractivity contribution in [3.8, 4) is 22.8 Å². The van der Waals surface area contributed by atoms with Gasteiger partial charge in [-0.3, -0.25) is 4.79 Å². The number of carbonyl (C=O) groups is 2. The number of aryl methyl sites for hydroxylation is 1. The van der Waals surface area contributed by atoms with Crippen molar-refractivity contribution >= 4 is 17.8 Å². The lowest BCUT2D eigenvalue weighted by atomic mass is 10.00. The molecular weight excluding hydrogens is 459 g/mol. The quantitative estimate of drug-likeness (QED) is 0.572. The number of alkyl halides is 3. The van der Waals surface area contributed by atoms with E-state index in [1.165, 1.54) is 0 Å². The molecule has 4 N–H and O–H groups in total. The molecule has 1 aromatic carbocycles. The lowest BCUT2D eigenvalue weighted by molar-refractivity contribution is -0.189. The fraction of sp³-hybridized carbons (Fsp3) is 0.409. The molecule has 0 bridgehead atoms. The molecule has 9 nitrogen and oxygen atoms in total. The van der Waals surface area contributed by atoms with Crippen molar-refractivity contribution in [3.05, 3.63) is 39.7 Å². The van der Waals surface area contributed by atoms with E-state index in [1.54, 1.807) is 6.07 Å². The number of rotatable bonds is 3. The minimum atomic E-state index is -5.35. The third-order valence-corrected chi connectivity index (χ3v) is 6.70. The minimum absolute atomic E-state index is 0.0633. The molecule has 3 atom stereocenters. The number of hydrogen-bond donors (Lipinski definition) is 3. The van der Waals surface area contributed by atoms with Crippen molar-refractivity contribution in [1.82, 2.24) is 4.98 Å². The van der Waals surface area contributed by atoms with E-state index in [2.05, 4.69) is 19.4 Å². The average Bonchev–Trinajstić information content (AvgIpc) is 3.19. The summed E-state index contributed by atoms with van der Waals surface area (Å²) in [5.41, 5.74) is 7.51. The largest absolute Gasteiger partial charge is 0.511 e. The zero-order valence-corrected chi connectivity index (χ0v) is 17.6. The van der Waals surface area contributed by atoms with Crippen molar-refractivity contribution in [3.63, 3.8) is 0 Å². The summed E-state index contributed by atoms with van der Waals surface area (Å²) in [5.74, 6) is -3.48. The third-order valence-electron chi connectivity index (χ3n) is 6.70. The highest BCUT2D eigenvalue weighted by atomic mass is 19.4. The second-order valence-corrected chi connectivity index (χ2v) is 8.73. The molecule has 0 amide bonds. The SMILES string of the molecule is N[C@@H]1[C@H]2CN(c3ccc4c(c3)CCCc3c-4[nH]c(=O)c(OC(=O)O)c3OC(=O)C(F)(F)F)C[C@@H]12. The van der Waals surface area contributed by atoms with Crippen molar-refractivity contribution in [2.45, 2.75) is 31.5 Å². The number of esters is 1. The van der Waals surface area contributed by atoms with Gasteiger partial charge in [0.25, 0.3) is 5.56 Å². The molecule has 5 rings (SSSR count). The Labute approximate surface area is 190 Å². The summed E-state index contributed by atoms with van der Waals surface area (Å²) in [7, 11) is 0. The lowest BCUT2D eigenvalue weighted by Crippen LogP contribution is -2.30. The lowest BCUT2D eigenvalue weighted by Gasteiger charge is -2.23. The number of anilines is 1. The molecule has 34 heavy (non-hydrogen) atoms. The number of ether oxygens (including phenoxy) is 2. The molecule has 2 aromatic rings. The van der Waals surface area contributed by atoms with Gasteiger partial charge in [0, 0.05) is 35.9 Å². The summed E-state index contributed by atoms with van der Waals surface area (Å²) in [6.45, 7) is 1.71. The molecule has 0 unspecified atom stereocenters. The van der Waals surface area contributed by atoms with Crippen LogP contribution in [0.25, 0.3) is 11.3 Å². The molecule has 2 heterocycles. The van der Waals surface area contributed by atoms with Gasteiger partial charge in [0.15, 0.2) is 5.75 Å². The van der Waals surface area contributed by atoms with Crippen LogP contribution >= 0.6 is 0 Å². The number of nitrogens with two attached hydrogens (primary N) is 1. The molecule has 1 aliphatic heterocycles. The number of halogens is 3. The van der Waals surface area contributed by atoms with Gasteiger partial charge < -0.3 is 30.2 Å². The van der Waals surface area contributed by atoms with E-state index in [0.717, 1.165) is 24.3 Å². The molecule has 1 saturated heterocycles. The van der Waals surface area contributed by atoms with Gasteiger partial charge in [-0.1, -0.05) is 6.07 Å². The maximum absolute atomic E-state index is 12.9. The fourth-order valence-corrected chi connectivity index (χ4v) is 4.97. The van der Waals surface area contributed by atoms with Crippen molar-refractivity contribution in [1.29, 1.82) is 0 Å². The van der Waals surface area contributed by atoms with E-state index in [9.17, 15) is 27.6 Å². The van der Waals surface area contributed by atoms with Gasteiger partial charge in [-0.15, -0.1) is 0 Å². The van der Waals surface area contributed by atoms with Gasteiger partial charge in [-0.25, -0.2) is 9.59 Å². The van der Waals surface area contributed by atoms with Crippen LogP contribution in [0, 0.1) is 11.8 Å². The molecule has 0 spiro atoms. The Balaban J connectivity index is 1.58. The first-order chi connectivity index (χ1) is 16.0. The Bertz CT molecular complexity index is 1250. The normalized spacial score (nSPS) is 22.8. The molecule has 1 aromatic heterocycles. The van der Waals surface area contributed by atoms with E-state index in [-0.39, 0.29) is 23.7 Å². The maximum atomic E-state index is 12.9. The first kappa shape index (κ1) is 22.3. The van der Waals surface area contributed by atoms with E-state index < -0.39 is 35.4 Å². The predicted octanol–water partition coefficient (Wildman–Crippen LogP) is 2.45. The number of carboxylic acid groups (broad SMARTS) is 1. The highest BCUT2D eigenvalue weighted by molar-refractivity contribution is 5.82. The number of hydrogen-bond acceptors (Lipinski definition) is 7. The Morgan fingerprint density at radius 1 is 1.12 bits per heavy atom. The number of carbonyl (C=O) groups excluding carboxylic acids is 1. The van der Waals surface area contributed by atoms with Gasteiger partial charge in [-0.2, -0.15) is 13.2 Å². The molecule has 1 saturated carbocycles.